The van der Waals surface area contributed by atoms with E-state index in [0.717, 1.165) is 22.5 Å². The molecule has 0 radical (unpaired) electrons. The molecule has 1 heteroatoms. The maximum atomic E-state index is 4.21. The van der Waals surface area contributed by atoms with Gasteiger partial charge in [-0.25, -0.2) is 0 Å². The van der Waals surface area contributed by atoms with Gasteiger partial charge in [0.25, 0.3) is 0 Å². The number of nitrogens with zero attached hydrogens (tertiary/aromatic N) is 1. The number of fused-ring (bicyclic) bond motifs is 3. The molecule has 174 valence electrons. The van der Waals surface area contributed by atoms with E-state index < -0.39 is 0 Å². The van der Waals surface area contributed by atoms with Crippen molar-refractivity contribution in [1.82, 2.24) is 0 Å². The smallest absolute Gasteiger partial charge is 0.0408 e. The second-order valence-corrected chi connectivity index (χ2v) is 9.51. The molecule has 1 nitrogen and oxygen atoms in total. The molecule has 1 aliphatic rings. The lowest BCUT2D eigenvalue weighted by Gasteiger charge is -2.21. The fourth-order valence-electron chi connectivity index (χ4n) is 4.65. The zero-order valence-electron chi connectivity index (χ0n) is 21.0. The van der Waals surface area contributed by atoms with E-state index in [-0.39, 0.29) is 5.41 Å². The SMILES string of the molecule is C=C/C=C\C(=C)C(=C)/C=C\C(=C)N(C)c1ccc(-c2ccc3c(c2)-c2ccccc2C3(C)C)cc1. The van der Waals surface area contributed by atoms with Gasteiger partial charge in [-0.1, -0.05) is 113 Å². The van der Waals surface area contributed by atoms with Gasteiger partial charge in [-0.15, -0.1) is 0 Å². The molecule has 0 saturated heterocycles. The Morgan fingerprint density at radius 1 is 0.743 bits per heavy atom. The highest BCUT2D eigenvalue weighted by molar-refractivity contribution is 5.84. The molecule has 0 saturated carbocycles. The maximum Gasteiger partial charge on any atom is 0.0408 e. The van der Waals surface area contributed by atoms with Gasteiger partial charge in [-0.3, -0.25) is 0 Å². The summed E-state index contributed by atoms with van der Waals surface area (Å²) >= 11 is 0. The van der Waals surface area contributed by atoms with Crippen molar-refractivity contribution in [3.8, 4) is 22.3 Å². The van der Waals surface area contributed by atoms with Crippen molar-refractivity contribution in [2.75, 3.05) is 11.9 Å². The van der Waals surface area contributed by atoms with Gasteiger partial charge >= 0.3 is 0 Å². The van der Waals surface area contributed by atoms with Crippen molar-refractivity contribution in [2.45, 2.75) is 19.3 Å². The number of hydrogen-bond acceptors (Lipinski definition) is 1. The Hall–Kier alpha value is -4.10. The average Bonchev–Trinajstić information content (AvgIpc) is 3.11. The zero-order valence-corrected chi connectivity index (χ0v) is 21.0. The summed E-state index contributed by atoms with van der Waals surface area (Å²) in [7, 11) is 2.02. The Morgan fingerprint density at radius 3 is 2.09 bits per heavy atom. The largest absolute Gasteiger partial charge is 0.345 e. The molecule has 1 aliphatic carbocycles. The Bertz CT molecular complexity index is 1380. The Morgan fingerprint density at radius 2 is 1.37 bits per heavy atom. The third kappa shape index (κ3) is 4.63. The molecule has 0 N–H and O–H groups in total. The van der Waals surface area contributed by atoms with Crippen LogP contribution in [-0.4, -0.2) is 7.05 Å². The van der Waals surface area contributed by atoms with Crippen LogP contribution in [0.4, 0.5) is 5.69 Å². The highest BCUT2D eigenvalue weighted by Crippen LogP contribution is 2.49. The number of anilines is 1. The molecule has 0 atom stereocenters. The Kier molecular flexibility index (Phi) is 6.62. The fraction of sp³-hybridized carbons (Fsp3) is 0.118. The monoisotopic (exact) mass is 455 g/mol. The van der Waals surface area contributed by atoms with E-state index in [0.29, 0.717) is 0 Å². The van der Waals surface area contributed by atoms with E-state index in [4.69, 9.17) is 0 Å². The fourth-order valence-corrected chi connectivity index (χ4v) is 4.65. The molecule has 35 heavy (non-hydrogen) atoms. The summed E-state index contributed by atoms with van der Waals surface area (Å²) in [5, 5.41) is 0. The first kappa shape index (κ1) is 24.0. The van der Waals surface area contributed by atoms with Crippen LogP contribution >= 0.6 is 0 Å². The minimum Gasteiger partial charge on any atom is -0.345 e. The van der Waals surface area contributed by atoms with Crippen LogP contribution in [0.15, 0.2) is 140 Å². The third-order valence-electron chi connectivity index (χ3n) is 6.93. The van der Waals surface area contributed by atoms with E-state index >= 15 is 0 Å². The lowest BCUT2D eigenvalue weighted by atomic mass is 9.82. The quantitative estimate of drug-likeness (QED) is 0.306. The molecule has 0 heterocycles. The molecule has 3 aromatic carbocycles. The van der Waals surface area contributed by atoms with Gasteiger partial charge in [-0.2, -0.15) is 0 Å². The Labute approximate surface area is 210 Å². The molecule has 0 aromatic heterocycles. The maximum absolute atomic E-state index is 4.21. The summed E-state index contributed by atoms with van der Waals surface area (Å²) in [5.74, 6) is 0. The lowest BCUT2D eigenvalue weighted by molar-refractivity contribution is 0.660. The van der Waals surface area contributed by atoms with Gasteiger partial charge in [0.15, 0.2) is 0 Å². The van der Waals surface area contributed by atoms with Gasteiger partial charge < -0.3 is 4.90 Å². The first-order valence-electron chi connectivity index (χ1n) is 11.9. The van der Waals surface area contributed by atoms with Gasteiger partial charge in [0, 0.05) is 23.8 Å². The van der Waals surface area contributed by atoms with Crippen LogP contribution in [0.2, 0.25) is 0 Å². The van der Waals surface area contributed by atoms with Crippen molar-refractivity contribution in [2.24, 2.45) is 0 Å². The number of likely N-dealkylation sites (N-methyl/N-ethyl adjacent to an activating group) is 1. The van der Waals surface area contributed by atoms with Gasteiger partial charge in [-0.05, 0) is 68.8 Å². The minimum atomic E-state index is 0.0323. The summed E-state index contributed by atoms with van der Waals surface area (Å²) in [6.45, 7) is 20.6. The van der Waals surface area contributed by atoms with E-state index in [9.17, 15) is 0 Å². The van der Waals surface area contributed by atoms with E-state index in [1.54, 1.807) is 6.08 Å². The Balaban J connectivity index is 1.52. The van der Waals surface area contributed by atoms with Crippen LogP contribution in [0.5, 0.6) is 0 Å². The second-order valence-electron chi connectivity index (χ2n) is 9.51. The molecule has 0 amide bonds. The zero-order chi connectivity index (χ0) is 25.2. The predicted molar refractivity (Wildman–Crippen MR) is 154 cm³/mol. The molecular weight excluding hydrogens is 422 g/mol. The van der Waals surface area contributed by atoms with Crippen LogP contribution in [0.25, 0.3) is 22.3 Å². The van der Waals surface area contributed by atoms with E-state index in [1.165, 1.54) is 33.4 Å². The predicted octanol–water partition coefficient (Wildman–Crippen LogP) is 9.02. The van der Waals surface area contributed by atoms with E-state index in [1.807, 2.05) is 31.4 Å². The number of hydrogen-bond donors (Lipinski definition) is 0. The van der Waals surface area contributed by atoms with Gasteiger partial charge in [0.05, 0.1) is 0 Å². The molecule has 3 aromatic rings. The summed E-state index contributed by atoms with van der Waals surface area (Å²) in [5.41, 5.74) is 11.6. The number of rotatable bonds is 8. The van der Waals surface area contributed by atoms with Crippen LogP contribution in [0.1, 0.15) is 25.0 Å². The van der Waals surface area contributed by atoms with Gasteiger partial charge in [0.1, 0.15) is 0 Å². The highest BCUT2D eigenvalue weighted by atomic mass is 15.1. The second kappa shape index (κ2) is 9.64. The summed E-state index contributed by atoms with van der Waals surface area (Å²) in [6.07, 6.45) is 9.37. The third-order valence-corrected chi connectivity index (χ3v) is 6.93. The van der Waals surface area contributed by atoms with Crippen LogP contribution in [-0.2, 0) is 5.41 Å². The lowest BCUT2D eigenvalue weighted by Crippen LogP contribution is -2.14. The minimum absolute atomic E-state index is 0.0323. The number of allylic oxidation sites excluding steroid dienone is 7. The molecule has 0 spiro atoms. The normalized spacial score (nSPS) is 13.5. The topological polar surface area (TPSA) is 3.24 Å². The average molecular weight is 456 g/mol. The van der Waals surface area contributed by atoms with E-state index in [2.05, 4.69) is 112 Å². The molecule has 0 aliphatic heterocycles. The molecule has 0 bridgehead atoms. The first-order valence-corrected chi connectivity index (χ1v) is 11.9. The number of benzene rings is 3. The highest BCUT2D eigenvalue weighted by Gasteiger charge is 2.34. The van der Waals surface area contributed by atoms with Crippen molar-refractivity contribution in [3.05, 3.63) is 151 Å². The molecule has 4 rings (SSSR count). The van der Waals surface area contributed by atoms with Crippen molar-refractivity contribution < 1.29 is 0 Å². The van der Waals surface area contributed by atoms with Crippen molar-refractivity contribution in [1.29, 1.82) is 0 Å². The summed E-state index contributed by atoms with van der Waals surface area (Å²) in [4.78, 5) is 2.07. The van der Waals surface area contributed by atoms with Crippen LogP contribution in [0, 0.1) is 0 Å². The first-order chi connectivity index (χ1) is 16.7. The molecule has 0 fully saturated rings. The van der Waals surface area contributed by atoms with Crippen LogP contribution in [0.3, 0.4) is 0 Å². The molecule has 0 unspecified atom stereocenters. The van der Waals surface area contributed by atoms with Crippen LogP contribution < -0.4 is 4.90 Å². The van der Waals surface area contributed by atoms with Crippen molar-refractivity contribution in [3.63, 3.8) is 0 Å². The van der Waals surface area contributed by atoms with Gasteiger partial charge in [0.2, 0.25) is 0 Å². The summed E-state index contributed by atoms with van der Waals surface area (Å²) < 4.78 is 0. The van der Waals surface area contributed by atoms with Crippen molar-refractivity contribution >= 4 is 5.69 Å². The standard InChI is InChI=1S/C34H33N/c1-8-9-12-24(2)25(3)15-16-26(4)35(7)29-20-17-27(18-21-29)28-19-22-33-31(23-28)30-13-10-11-14-32(30)34(33,5)6/h8-23H,1-4H2,5-7H3/b12-9-,16-15-. The summed E-state index contributed by atoms with van der Waals surface area (Å²) in [6, 6.07) is 24.3. The molecular formula is C34H33N.